The molecule has 3 N–H and O–H groups in total. The quantitative estimate of drug-likeness (QED) is 0.159. The number of H-pyrrole nitrogens is 2. The highest BCUT2D eigenvalue weighted by Gasteiger charge is 2.53. The number of esters is 3. The molecule has 0 aromatic carbocycles. The van der Waals surface area contributed by atoms with Crippen LogP contribution >= 0.6 is 0 Å². The predicted octanol–water partition coefficient (Wildman–Crippen LogP) is 6.72. The summed E-state index contributed by atoms with van der Waals surface area (Å²) in [5.74, 6) is -3.63. The van der Waals surface area contributed by atoms with Crippen LogP contribution in [0.15, 0.2) is 48.6 Å². The Morgan fingerprint density at radius 1 is 0.830 bits per heavy atom. The number of nitrogens with zero attached hydrogens (tertiary/aromatic N) is 2. The molecule has 3 aliphatic rings. The topological polar surface area (TPSA) is 174 Å². The number of ether oxygens (including phenoxy) is 3. The summed E-state index contributed by atoms with van der Waals surface area (Å²) in [6.07, 6.45) is 5.82. The summed E-state index contributed by atoms with van der Waals surface area (Å²) in [5, 5.41) is 9.59. The molecule has 0 amide bonds. The molecule has 3 aromatic heterocycles. The van der Waals surface area contributed by atoms with Gasteiger partial charge in [0.15, 0.2) is 0 Å². The number of methoxy groups -OCH3 is 3. The van der Waals surface area contributed by atoms with Crippen molar-refractivity contribution in [1.82, 2.24) is 19.9 Å². The molecular weight excluding hydrogens is 676 g/mol. The minimum absolute atomic E-state index is 0.0724. The minimum Gasteiger partial charge on any atom is -0.481 e. The molecule has 53 heavy (non-hydrogen) atoms. The standard InChI is InChI=1S/C41H42N4O8/c1-9-23-20(2)28-16-29-21(3)24(11-14-36(46)47)31(42-29)18-32-25(12-15-37(48)51-6)22(4)30(43-32)17-34-27-13-10-26(39(49)52-7)38(40(50)53-8)41(27,5)35(45-34)19-33(23)44-28/h9-10,13,16-19,38,43-44H,1,11-12,14-15H2,2-8H3,(H,46,47)/t38-,41+/m0/s1. The number of carboxylic acid groups (broad SMARTS) is 1. The van der Waals surface area contributed by atoms with Crippen LogP contribution in [0.25, 0.3) is 44.9 Å². The van der Waals surface area contributed by atoms with Gasteiger partial charge in [-0.15, -0.1) is 0 Å². The van der Waals surface area contributed by atoms with Gasteiger partial charge in [0.2, 0.25) is 0 Å². The Bertz CT molecular complexity index is 2370. The molecule has 0 saturated carbocycles. The van der Waals surface area contributed by atoms with Crippen LogP contribution in [0.3, 0.4) is 0 Å². The Labute approximate surface area is 306 Å². The van der Waals surface area contributed by atoms with E-state index in [1.165, 1.54) is 21.3 Å². The van der Waals surface area contributed by atoms with Gasteiger partial charge < -0.3 is 29.3 Å². The van der Waals surface area contributed by atoms with Crippen molar-refractivity contribution >= 4 is 68.7 Å². The molecule has 0 fully saturated rings. The van der Waals surface area contributed by atoms with Crippen LogP contribution in [-0.4, -0.2) is 70.2 Å². The molecule has 6 rings (SSSR count). The molecule has 0 spiro atoms. The van der Waals surface area contributed by atoms with Gasteiger partial charge in [0, 0.05) is 40.5 Å². The number of rotatable bonds is 9. The third-order valence-electron chi connectivity index (χ3n) is 10.7. The fraction of sp³-hybridized carbons (Fsp3) is 0.317. The van der Waals surface area contributed by atoms with E-state index in [-0.39, 0.29) is 30.8 Å². The maximum absolute atomic E-state index is 13.7. The van der Waals surface area contributed by atoms with Crippen LogP contribution in [0.1, 0.15) is 78.1 Å². The van der Waals surface area contributed by atoms with Crippen LogP contribution in [0.5, 0.6) is 0 Å². The molecule has 3 aromatic rings. The zero-order valence-electron chi connectivity index (χ0n) is 30.9. The van der Waals surface area contributed by atoms with Crippen molar-refractivity contribution in [3.05, 3.63) is 93.6 Å². The van der Waals surface area contributed by atoms with Crippen molar-refractivity contribution in [2.75, 3.05) is 21.3 Å². The second-order valence-electron chi connectivity index (χ2n) is 13.5. The van der Waals surface area contributed by atoms with Gasteiger partial charge in [0.1, 0.15) is 5.92 Å². The van der Waals surface area contributed by atoms with Gasteiger partial charge in [0.25, 0.3) is 0 Å². The average molecular weight is 719 g/mol. The van der Waals surface area contributed by atoms with Crippen LogP contribution in [-0.2, 0) is 45.2 Å². The van der Waals surface area contributed by atoms with Crippen LogP contribution in [0.4, 0.5) is 0 Å². The van der Waals surface area contributed by atoms with E-state index in [2.05, 4.69) is 16.5 Å². The summed E-state index contributed by atoms with van der Waals surface area (Å²) in [7, 11) is 3.90. The molecule has 0 saturated heterocycles. The van der Waals surface area contributed by atoms with Gasteiger partial charge in [-0.05, 0) is 98.2 Å². The van der Waals surface area contributed by atoms with Gasteiger partial charge in [-0.1, -0.05) is 24.8 Å². The number of fused-ring (bicyclic) bond motifs is 11. The van der Waals surface area contributed by atoms with E-state index in [1.807, 2.05) is 52.0 Å². The van der Waals surface area contributed by atoms with Crippen LogP contribution in [0.2, 0.25) is 0 Å². The minimum atomic E-state index is -1.16. The predicted molar refractivity (Wildman–Crippen MR) is 201 cm³/mol. The van der Waals surface area contributed by atoms with E-state index in [1.54, 1.807) is 18.2 Å². The largest absolute Gasteiger partial charge is 0.481 e. The van der Waals surface area contributed by atoms with Gasteiger partial charge in [-0.3, -0.25) is 19.4 Å². The Balaban J connectivity index is 1.77. The number of aromatic nitrogens is 4. The Morgan fingerprint density at radius 3 is 2.17 bits per heavy atom. The van der Waals surface area contributed by atoms with Gasteiger partial charge in [0.05, 0.1) is 55.1 Å². The van der Waals surface area contributed by atoms with Gasteiger partial charge in [-0.25, -0.2) is 9.78 Å². The van der Waals surface area contributed by atoms with Crippen LogP contribution in [0, 0.1) is 19.8 Å². The number of aliphatic carboxylic acids is 1. The summed E-state index contributed by atoms with van der Waals surface area (Å²) >= 11 is 0. The summed E-state index contributed by atoms with van der Waals surface area (Å²) in [4.78, 5) is 68.1. The number of carbonyl (C=O) groups excluding carboxylic acids is 3. The number of aromatic amines is 2. The zero-order chi connectivity index (χ0) is 38.4. The molecule has 1 aliphatic carbocycles. The van der Waals surface area contributed by atoms with Crippen molar-refractivity contribution in [3.8, 4) is 0 Å². The summed E-state index contributed by atoms with van der Waals surface area (Å²) in [5.41, 5.74) is 9.93. The summed E-state index contributed by atoms with van der Waals surface area (Å²) in [6, 6.07) is 7.59. The SMILES string of the molecule is C=Cc1c(C)c2cc3nc(cc4[nH]c(cc5nc(cc1[nH]2)[C@@]1(C)C5=CC=C(C(=O)OC)[C@H]1C(=O)OC)c(C)c4CCC(=O)OC)C(CCC(=O)O)=C3C. The highest BCUT2D eigenvalue weighted by atomic mass is 16.5. The smallest absolute Gasteiger partial charge is 0.334 e. The number of hydrogen-bond donors (Lipinski definition) is 3. The van der Waals surface area contributed by atoms with E-state index < -0.39 is 29.2 Å². The van der Waals surface area contributed by atoms with E-state index >= 15 is 0 Å². The first-order chi connectivity index (χ1) is 25.3. The Hall–Kier alpha value is -6.04. The first-order valence-electron chi connectivity index (χ1n) is 17.2. The number of allylic oxidation sites excluding steroid dienone is 5. The monoisotopic (exact) mass is 718 g/mol. The lowest BCUT2D eigenvalue weighted by Gasteiger charge is -2.36. The average Bonchev–Trinajstić information content (AvgIpc) is 3.79. The first kappa shape index (κ1) is 36.7. The molecule has 0 unspecified atom stereocenters. The van der Waals surface area contributed by atoms with Crippen molar-refractivity contribution in [2.24, 2.45) is 5.92 Å². The third kappa shape index (κ3) is 6.28. The second-order valence-corrected chi connectivity index (χ2v) is 13.5. The third-order valence-corrected chi connectivity index (χ3v) is 10.7. The Kier molecular flexibility index (Phi) is 9.83. The fourth-order valence-corrected chi connectivity index (χ4v) is 7.68. The van der Waals surface area contributed by atoms with Crippen molar-refractivity contribution in [1.29, 1.82) is 0 Å². The highest BCUT2D eigenvalue weighted by Crippen LogP contribution is 2.52. The number of nitrogens with one attached hydrogen (secondary N) is 2. The highest BCUT2D eigenvalue weighted by molar-refractivity contribution is 6.02. The molecule has 8 bridgehead atoms. The van der Waals surface area contributed by atoms with Crippen LogP contribution < -0.4 is 0 Å². The zero-order valence-corrected chi connectivity index (χ0v) is 30.9. The molecular formula is C41H42N4O8. The molecule has 12 nitrogen and oxygen atoms in total. The molecule has 5 heterocycles. The lowest BCUT2D eigenvalue weighted by molar-refractivity contribution is -0.149. The molecule has 2 aliphatic heterocycles. The van der Waals surface area contributed by atoms with Crippen molar-refractivity contribution < 1.29 is 38.5 Å². The second kappa shape index (κ2) is 14.2. The number of hydrogen-bond acceptors (Lipinski definition) is 9. The first-order valence-corrected chi connectivity index (χ1v) is 17.2. The lowest BCUT2D eigenvalue weighted by Crippen LogP contribution is -2.42. The normalized spacial score (nSPS) is 17.8. The van der Waals surface area contributed by atoms with Gasteiger partial charge >= 0.3 is 23.9 Å². The number of carboxylic acids is 1. The molecule has 0 radical (unpaired) electrons. The van der Waals surface area contributed by atoms with Crippen molar-refractivity contribution in [2.45, 2.75) is 58.8 Å². The van der Waals surface area contributed by atoms with Crippen molar-refractivity contribution in [3.63, 3.8) is 0 Å². The molecule has 12 heteroatoms. The van der Waals surface area contributed by atoms with E-state index in [4.69, 9.17) is 24.2 Å². The summed E-state index contributed by atoms with van der Waals surface area (Å²) < 4.78 is 15.4. The maximum Gasteiger partial charge on any atom is 0.334 e. The fourth-order valence-electron chi connectivity index (χ4n) is 7.68. The molecule has 274 valence electrons. The Morgan fingerprint density at radius 2 is 1.51 bits per heavy atom. The van der Waals surface area contributed by atoms with Gasteiger partial charge in [-0.2, -0.15) is 0 Å². The van der Waals surface area contributed by atoms with E-state index in [9.17, 15) is 24.3 Å². The van der Waals surface area contributed by atoms with E-state index in [0.717, 1.165) is 38.9 Å². The number of carbonyl (C=O) groups is 4. The lowest BCUT2D eigenvalue weighted by atomic mass is 9.64. The number of aryl methyl sites for hydroxylation is 3. The van der Waals surface area contributed by atoms with E-state index in [0.29, 0.717) is 51.3 Å². The summed E-state index contributed by atoms with van der Waals surface area (Å²) in [6.45, 7) is 11.8. The molecule has 2 atom stereocenters. The maximum atomic E-state index is 13.7.